The number of nitrogens with one attached hydrogen (secondary N) is 1. The van der Waals surface area contributed by atoms with Gasteiger partial charge in [0.25, 0.3) is 0 Å². The van der Waals surface area contributed by atoms with Gasteiger partial charge in [-0.05, 0) is 156 Å². The van der Waals surface area contributed by atoms with E-state index in [2.05, 4.69) is 23.2 Å². The Balaban J connectivity index is 0.947. The highest BCUT2D eigenvalue weighted by molar-refractivity contribution is 7.10. The van der Waals surface area contributed by atoms with Gasteiger partial charge in [-0.1, -0.05) is 31.0 Å². The second kappa shape index (κ2) is 18.6. The Kier molecular flexibility index (Phi) is 13.9. The lowest BCUT2D eigenvalue weighted by molar-refractivity contribution is -0.124. The first kappa shape index (κ1) is 38.3. The number of Topliss-reactive ketones (excluding diaryl/α,β-unsaturated/α-hetero) is 2. The normalized spacial score (nSPS) is 24.9. The number of thiophene rings is 1. The van der Waals surface area contributed by atoms with Crippen LogP contribution in [0.5, 0.6) is 0 Å². The van der Waals surface area contributed by atoms with Crippen LogP contribution in [0.3, 0.4) is 0 Å². The van der Waals surface area contributed by atoms with E-state index in [9.17, 15) is 14.4 Å². The van der Waals surface area contributed by atoms with Crippen molar-refractivity contribution in [2.75, 3.05) is 24.1 Å². The number of rotatable bonds is 16. The van der Waals surface area contributed by atoms with Gasteiger partial charge >= 0.3 is 6.03 Å². The number of hydrogen-bond donors (Lipinski definition) is 2. The Morgan fingerprint density at radius 1 is 0.941 bits per heavy atom. The molecule has 51 heavy (non-hydrogen) atoms. The molecule has 6 rings (SSSR count). The first-order valence-corrected chi connectivity index (χ1v) is 21.5. The number of amides is 2. The zero-order valence-corrected chi connectivity index (χ0v) is 32.5. The molecule has 9 heteroatoms. The number of nitrogen functional groups attached to an aromatic ring is 1. The van der Waals surface area contributed by atoms with Crippen LogP contribution < -0.4 is 11.1 Å². The van der Waals surface area contributed by atoms with E-state index in [4.69, 9.17) is 17.3 Å². The Labute approximate surface area is 315 Å². The smallest absolute Gasteiger partial charge is 0.322 e. The molecule has 2 aliphatic carbocycles. The van der Waals surface area contributed by atoms with Crippen LogP contribution in [0.15, 0.2) is 23.6 Å². The molecule has 1 saturated heterocycles. The van der Waals surface area contributed by atoms with Crippen LogP contribution in [0.2, 0.25) is 5.02 Å². The maximum absolute atomic E-state index is 13.8. The van der Waals surface area contributed by atoms with Crippen molar-refractivity contribution in [2.45, 2.75) is 154 Å². The zero-order valence-electron chi connectivity index (χ0n) is 30.9. The average molecular weight is 737 g/mol. The van der Waals surface area contributed by atoms with E-state index in [1.54, 1.807) is 11.3 Å². The molecule has 7 nitrogen and oxygen atoms in total. The fourth-order valence-corrected chi connectivity index (χ4v) is 10.6. The van der Waals surface area contributed by atoms with Gasteiger partial charge in [-0.15, -0.1) is 11.3 Å². The Morgan fingerprint density at radius 3 is 2.33 bits per heavy atom. The molecule has 0 spiro atoms. The lowest BCUT2D eigenvalue weighted by Crippen LogP contribution is -2.46. The van der Waals surface area contributed by atoms with E-state index in [1.807, 2.05) is 22.4 Å². The number of anilines is 2. The van der Waals surface area contributed by atoms with Crippen molar-refractivity contribution >= 4 is 51.9 Å². The molecular formula is C42H61ClN4O3S. The number of hydrogen-bond acceptors (Lipinski definition) is 6. The summed E-state index contributed by atoms with van der Waals surface area (Å²) in [5.41, 5.74) is 9.95. The molecule has 1 aromatic heterocycles. The minimum absolute atomic E-state index is 0.0250. The van der Waals surface area contributed by atoms with Gasteiger partial charge in [0.1, 0.15) is 11.6 Å². The first-order chi connectivity index (χ1) is 24.8. The van der Waals surface area contributed by atoms with Crippen molar-refractivity contribution in [3.05, 3.63) is 44.6 Å². The van der Waals surface area contributed by atoms with Crippen molar-refractivity contribution in [3.63, 3.8) is 0 Å². The van der Waals surface area contributed by atoms with Crippen LogP contribution in [-0.2, 0) is 29.0 Å². The number of carbonyl (C=O) groups is 3. The van der Waals surface area contributed by atoms with Crippen LogP contribution in [0.1, 0.15) is 139 Å². The third-order valence-electron chi connectivity index (χ3n) is 12.8. The molecule has 4 aliphatic rings. The molecule has 0 unspecified atom stereocenters. The van der Waals surface area contributed by atoms with Crippen LogP contribution in [0.25, 0.3) is 0 Å². The minimum Gasteiger partial charge on any atom is -0.397 e. The molecule has 2 amide bonds. The Morgan fingerprint density at radius 2 is 1.63 bits per heavy atom. The van der Waals surface area contributed by atoms with Gasteiger partial charge in [-0.25, -0.2) is 4.79 Å². The molecular weight excluding hydrogens is 676 g/mol. The Hall–Kier alpha value is -2.42. The van der Waals surface area contributed by atoms with Crippen molar-refractivity contribution in [2.24, 2.45) is 17.8 Å². The number of urea groups is 1. The van der Waals surface area contributed by atoms with E-state index in [0.717, 1.165) is 80.6 Å². The summed E-state index contributed by atoms with van der Waals surface area (Å²) in [5.74, 6) is 1.76. The number of nitrogens with two attached hydrogens (primary N) is 1. The number of fused-ring (bicyclic) bond motifs is 1. The van der Waals surface area contributed by atoms with E-state index >= 15 is 0 Å². The molecule has 3 N–H and O–H groups in total. The molecule has 0 radical (unpaired) electrons. The zero-order chi connectivity index (χ0) is 35.7. The molecule has 2 aliphatic heterocycles. The summed E-state index contributed by atoms with van der Waals surface area (Å²) in [6.07, 6.45) is 19.9. The van der Waals surface area contributed by atoms with Gasteiger partial charge in [0.2, 0.25) is 0 Å². The first-order valence-electron chi connectivity index (χ1n) is 20.3. The maximum Gasteiger partial charge on any atom is 0.322 e. The van der Waals surface area contributed by atoms with Gasteiger partial charge in [0.15, 0.2) is 0 Å². The number of halogens is 1. The summed E-state index contributed by atoms with van der Waals surface area (Å²) >= 11 is 8.23. The number of ketones is 2. The summed E-state index contributed by atoms with van der Waals surface area (Å²) in [4.78, 5) is 45.6. The van der Waals surface area contributed by atoms with E-state index in [0.29, 0.717) is 66.3 Å². The quantitative estimate of drug-likeness (QED) is 0.167. The monoisotopic (exact) mass is 736 g/mol. The van der Waals surface area contributed by atoms with E-state index in [1.165, 1.54) is 62.9 Å². The third kappa shape index (κ3) is 10.4. The van der Waals surface area contributed by atoms with Gasteiger partial charge in [0.05, 0.1) is 22.9 Å². The van der Waals surface area contributed by atoms with E-state index in [-0.39, 0.29) is 18.0 Å². The molecule has 3 fully saturated rings. The third-order valence-corrected chi connectivity index (χ3v) is 14.0. The van der Waals surface area contributed by atoms with Crippen molar-refractivity contribution < 1.29 is 14.4 Å². The van der Waals surface area contributed by atoms with Crippen LogP contribution in [0, 0.1) is 17.8 Å². The highest BCUT2D eigenvalue weighted by Gasteiger charge is 2.33. The van der Waals surface area contributed by atoms with Crippen LogP contribution in [0.4, 0.5) is 16.2 Å². The minimum atomic E-state index is -0.0978. The second-order valence-corrected chi connectivity index (χ2v) is 17.5. The predicted molar refractivity (Wildman–Crippen MR) is 211 cm³/mol. The fraction of sp³-hybridized carbons (Fsp3) is 0.690. The van der Waals surface area contributed by atoms with Crippen LogP contribution in [-0.4, -0.2) is 52.6 Å². The van der Waals surface area contributed by atoms with Gasteiger partial charge in [-0.3, -0.25) is 9.59 Å². The SMILES string of the molecule is CCc1cc(C[C@@H](CCCC(=O)CCC2CCC(N3Cc4sccc4NC3=O)CC2)C(=O)CCC2CCC(N3CCCCC3)CC2)cc(Cl)c1N. The van der Waals surface area contributed by atoms with Gasteiger partial charge in [0, 0.05) is 42.1 Å². The highest BCUT2D eigenvalue weighted by atomic mass is 35.5. The number of benzene rings is 1. The maximum atomic E-state index is 13.8. The molecule has 2 aromatic rings. The molecule has 3 heterocycles. The van der Waals surface area contributed by atoms with Crippen LogP contribution >= 0.6 is 22.9 Å². The number of aryl methyl sites for hydroxylation is 1. The topological polar surface area (TPSA) is 95.7 Å². The highest BCUT2D eigenvalue weighted by Crippen LogP contribution is 2.37. The molecule has 1 aromatic carbocycles. The van der Waals surface area contributed by atoms with Crippen molar-refractivity contribution in [3.8, 4) is 0 Å². The summed E-state index contributed by atoms with van der Waals surface area (Å²) in [7, 11) is 0. The van der Waals surface area contributed by atoms with Crippen molar-refractivity contribution in [1.29, 1.82) is 0 Å². The summed E-state index contributed by atoms with van der Waals surface area (Å²) in [5, 5.41) is 5.66. The Bertz CT molecular complexity index is 1470. The van der Waals surface area contributed by atoms with Gasteiger partial charge in [-0.2, -0.15) is 0 Å². The predicted octanol–water partition coefficient (Wildman–Crippen LogP) is 10.2. The lowest BCUT2D eigenvalue weighted by Gasteiger charge is -2.39. The standard InChI is InChI=1S/C42H61ClN4O3S/c1-2-32-25-31(27-37(43)41(32)44)26-33(39(49)20-14-30-9-15-34(16-10-30)46-22-4-3-5-23-46)7-6-8-36(48)19-13-29-11-17-35(18-12-29)47-28-40-38(21-24-51-40)45-42(47)50/h21,24-25,27,29-30,33-35H,2-20,22-23,26,28,44H2,1H3,(H,45,50)/t29?,30?,33-,34?,35?/m1/s1. The number of likely N-dealkylation sites (tertiary alicyclic amines) is 1. The van der Waals surface area contributed by atoms with Crippen molar-refractivity contribution in [1.82, 2.24) is 9.80 Å². The second-order valence-electron chi connectivity index (χ2n) is 16.1. The number of piperidine rings is 1. The van der Waals surface area contributed by atoms with Gasteiger partial charge < -0.3 is 20.9 Å². The molecule has 0 bridgehead atoms. The fourth-order valence-electron chi connectivity index (χ4n) is 9.51. The molecule has 280 valence electrons. The lowest BCUT2D eigenvalue weighted by atomic mass is 9.80. The molecule has 2 saturated carbocycles. The van der Waals surface area contributed by atoms with E-state index < -0.39 is 0 Å². The average Bonchev–Trinajstić information content (AvgIpc) is 3.61. The summed E-state index contributed by atoms with van der Waals surface area (Å²) < 4.78 is 0. The largest absolute Gasteiger partial charge is 0.397 e. The molecule has 1 atom stereocenters. The summed E-state index contributed by atoms with van der Waals surface area (Å²) in [6.45, 7) is 5.33. The number of nitrogens with zero attached hydrogens (tertiary/aromatic N) is 2. The number of carbonyl (C=O) groups excluding carboxylic acids is 3. The summed E-state index contributed by atoms with van der Waals surface area (Å²) in [6, 6.07) is 7.10.